The molecular formula is C17H23NO3. The first-order valence-electron chi connectivity index (χ1n) is 7.57. The summed E-state index contributed by atoms with van der Waals surface area (Å²) in [5.41, 5.74) is 2.39. The molecule has 0 amide bonds. The first-order valence-corrected chi connectivity index (χ1v) is 7.57. The quantitative estimate of drug-likeness (QED) is 0.842. The minimum Gasteiger partial charge on any atom is -0.469 e. The van der Waals surface area contributed by atoms with E-state index in [9.17, 15) is 9.90 Å². The van der Waals surface area contributed by atoms with Crippen LogP contribution in [0.3, 0.4) is 0 Å². The van der Waals surface area contributed by atoms with Crippen molar-refractivity contribution in [1.29, 1.82) is 0 Å². The van der Waals surface area contributed by atoms with Crippen molar-refractivity contribution in [3.05, 3.63) is 35.4 Å². The number of fused-ring (bicyclic) bond motifs is 2. The number of piperidine rings is 1. The average Bonchev–Trinajstić information content (AvgIpc) is 2.66. The van der Waals surface area contributed by atoms with E-state index in [0.717, 1.165) is 6.42 Å². The van der Waals surface area contributed by atoms with Gasteiger partial charge in [0.05, 0.1) is 19.1 Å². The summed E-state index contributed by atoms with van der Waals surface area (Å²) < 4.78 is 5.05. The number of hydrogen-bond acceptors (Lipinski definition) is 4. The lowest BCUT2D eigenvalue weighted by molar-refractivity contribution is -0.150. The van der Waals surface area contributed by atoms with E-state index in [4.69, 9.17) is 4.74 Å². The van der Waals surface area contributed by atoms with Gasteiger partial charge in [0.25, 0.3) is 0 Å². The maximum absolute atomic E-state index is 12.3. The van der Waals surface area contributed by atoms with E-state index in [1.165, 1.54) is 18.2 Å². The number of aliphatic hydroxyl groups is 1. The Morgan fingerprint density at radius 3 is 2.52 bits per heavy atom. The van der Waals surface area contributed by atoms with Gasteiger partial charge in [-0.1, -0.05) is 29.8 Å². The Labute approximate surface area is 125 Å². The maximum Gasteiger partial charge on any atom is 0.310 e. The Balaban J connectivity index is 1.97. The summed E-state index contributed by atoms with van der Waals surface area (Å²) in [5.74, 6) is -0.234. The summed E-state index contributed by atoms with van der Waals surface area (Å²) in [5, 5.41) is 10.3. The van der Waals surface area contributed by atoms with Crippen LogP contribution in [0.5, 0.6) is 0 Å². The van der Waals surface area contributed by atoms with Gasteiger partial charge in [-0.15, -0.1) is 0 Å². The van der Waals surface area contributed by atoms with Gasteiger partial charge in [-0.25, -0.2) is 0 Å². The van der Waals surface area contributed by atoms with Crippen LogP contribution in [-0.2, 0) is 9.53 Å². The molecule has 21 heavy (non-hydrogen) atoms. The Hall–Kier alpha value is -1.39. The number of aryl methyl sites for hydroxylation is 1. The highest BCUT2D eigenvalue weighted by atomic mass is 16.5. The van der Waals surface area contributed by atoms with Gasteiger partial charge in [-0.2, -0.15) is 0 Å². The van der Waals surface area contributed by atoms with Crippen molar-refractivity contribution in [3.63, 3.8) is 0 Å². The van der Waals surface area contributed by atoms with Crippen LogP contribution in [0.2, 0.25) is 0 Å². The maximum atomic E-state index is 12.3. The van der Waals surface area contributed by atoms with E-state index in [2.05, 4.69) is 36.1 Å². The lowest BCUT2D eigenvalue weighted by Crippen LogP contribution is -2.49. The predicted molar refractivity (Wildman–Crippen MR) is 80.0 cm³/mol. The third kappa shape index (κ3) is 2.36. The van der Waals surface area contributed by atoms with Crippen LogP contribution in [0, 0.1) is 12.8 Å². The van der Waals surface area contributed by atoms with E-state index in [-0.39, 0.29) is 36.0 Å². The number of carbonyl (C=O) groups excluding carboxylic acids is 1. The predicted octanol–water partition coefficient (Wildman–Crippen LogP) is 1.71. The molecule has 4 heteroatoms. The number of methoxy groups -OCH3 is 1. The Kier molecular flexibility index (Phi) is 3.76. The Morgan fingerprint density at radius 1 is 1.24 bits per heavy atom. The normalized spacial score (nSPS) is 35.7. The zero-order chi connectivity index (χ0) is 15.1. The molecule has 0 radical (unpaired) electrons. The highest BCUT2D eigenvalue weighted by Crippen LogP contribution is 2.46. The smallest absolute Gasteiger partial charge is 0.310 e. The Morgan fingerprint density at radius 2 is 1.90 bits per heavy atom. The fourth-order valence-corrected chi connectivity index (χ4v) is 4.10. The number of carbonyl (C=O) groups is 1. The van der Waals surface area contributed by atoms with Crippen LogP contribution in [-0.4, -0.2) is 48.3 Å². The molecule has 2 heterocycles. The number of likely N-dealkylation sites (N-methyl/N-ethyl adjacent to an activating group) is 1. The van der Waals surface area contributed by atoms with Crippen molar-refractivity contribution in [1.82, 2.24) is 4.90 Å². The van der Waals surface area contributed by atoms with Gasteiger partial charge in [-0.3, -0.25) is 9.69 Å². The number of hydrogen-bond donors (Lipinski definition) is 1. The van der Waals surface area contributed by atoms with Crippen LogP contribution < -0.4 is 0 Å². The van der Waals surface area contributed by atoms with E-state index in [1.807, 2.05) is 7.05 Å². The summed E-state index contributed by atoms with van der Waals surface area (Å²) in [6.45, 7) is 2.06. The van der Waals surface area contributed by atoms with Gasteiger partial charge in [0, 0.05) is 18.0 Å². The lowest BCUT2D eigenvalue weighted by atomic mass is 9.76. The van der Waals surface area contributed by atoms with Crippen LogP contribution in [0.4, 0.5) is 0 Å². The molecule has 2 fully saturated rings. The summed E-state index contributed by atoms with van der Waals surface area (Å²) in [4.78, 5) is 14.5. The molecule has 5 atom stereocenters. The fraction of sp³-hybridized carbons (Fsp3) is 0.588. The molecule has 1 aromatic carbocycles. The molecule has 0 aliphatic carbocycles. The van der Waals surface area contributed by atoms with Gasteiger partial charge in [-0.05, 0) is 32.4 Å². The van der Waals surface area contributed by atoms with E-state index >= 15 is 0 Å². The molecule has 1 N–H and O–H groups in total. The first kappa shape index (κ1) is 14.5. The summed E-state index contributed by atoms with van der Waals surface area (Å²) in [6, 6.07) is 8.58. The van der Waals surface area contributed by atoms with Crippen molar-refractivity contribution in [2.75, 3.05) is 14.2 Å². The molecule has 3 rings (SSSR count). The number of rotatable bonds is 2. The number of nitrogens with zero attached hydrogens (tertiary/aromatic N) is 1. The molecule has 2 bridgehead atoms. The van der Waals surface area contributed by atoms with Gasteiger partial charge in [0.15, 0.2) is 0 Å². The zero-order valence-electron chi connectivity index (χ0n) is 12.8. The van der Waals surface area contributed by atoms with Gasteiger partial charge < -0.3 is 9.84 Å². The molecule has 4 nitrogen and oxygen atoms in total. The monoisotopic (exact) mass is 289 g/mol. The minimum absolute atomic E-state index is 0.0671. The molecule has 2 aliphatic heterocycles. The third-order valence-electron chi connectivity index (χ3n) is 5.30. The minimum atomic E-state index is -0.345. The van der Waals surface area contributed by atoms with Gasteiger partial charge in [0.2, 0.25) is 0 Å². The van der Waals surface area contributed by atoms with Crippen molar-refractivity contribution in [2.24, 2.45) is 5.92 Å². The standard InChI is InChI=1S/C17H23NO3/c1-10-4-6-11(7-5-10)12-8-13-15(19)9-14(18(13)2)16(12)17(20)21-3/h4-7,12-16,19H,8-9H2,1-3H3/t12-,13?,14?,15+,16+/m1/s1. The van der Waals surface area contributed by atoms with Gasteiger partial charge in [0.1, 0.15) is 0 Å². The number of ether oxygens (including phenoxy) is 1. The van der Waals surface area contributed by atoms with Crippen molar-refractivity contribution >= 4 is 5.97 Å². The molecule has 1 aromatic rings. The molecule has 0 spiro atoms. The van der Waals surface area contributed by atoms with Gasteiger partial charge >= 0.3 is 5.97 Å². The van der Waals surface area contributed by atoms with E-state index in [0.29, 0.717) is 6.42 Å². The van der Waals surface area contributed by atoms with Crippen molar-refractivity contribution in [2.45, 2.75) is 43.9 Å². The second-order valence-electron chi connectivity index (χ2n) is 6.41. The Bertz CT molecular complexity index is 527. The molecule has 0 saturated carbocycles. The average molecular weight is 289 g/mol. The fourth-order valence-electron chi connectivity index (χ4n) is 4.10. The van der Waals surface area contributed by atoms with Crippen LogP contribution in [0.15, 0.2) is 24.3 Å². The molecule has 2 unspecified atom stereocenters. The first-order chi connectivity index (χ1) is 10.0. The van der Waals surface area contributed by atoms with Crippen LogP contribution in [0.1, 0.15) is 29.9 Å². The SMILES string of the molecule is COC(=O)[C@@H]1C2C[C@H](O)C(C[C@@H]1c1ccc(C)cc1)N2C. The molecular weight excluding hydrogens is 266 g/mol. The second-order valence-corrected chi connectivity index (χ2v) is 6.41. The third-order valence-corrected chi connectivity index (χ3v) is 5.30. The summed E-state index contributed by atoms with van der Waals surface area (Å²) >= 11 is 0. The highest BCUT2D eigenvalue weighted by molar-refractivity contribution is 5.75. The topological polar surface area (TPSA) is 49.8 Å². The second kappa shape index (κ2) is 5.43. The van der Waals surface area contributed by atoms with Crippen LogP contribution >= 0.6 is 0 Å². The lowest BCUT2D eigenvalue weighted by Gasteiger charge is -2.41. The zero-order valence-corrected chi connectivity index (χ0v) is 12.8. The molecule has 114 valence electrons. The highest BCUT2D eigenvalue weighted by Gasteiger charge is 2.53. The largest absolute Gasteiger partial charge is 0.469 e. The van der Waals surface area contributed by atoms with E-state index < -0.39 is 0 Å². The number of aliphatic hydroxyl groups excluding tert-OH is 1. The molecule has 0 aromatic heterocycles. The van der Waals surface area contributed by atoms with E-state index in [1.54, 1.807) is 0 Å². The summed E-state index contributed by atoms with van der Waals surface area (Å²) in [7, 11) is 3.46. The van der Waals surface area contributed by atoms with Crippen molar-refractivity contribution in [3.8, 4) is 0 Å². The van der Waals surface area contributed by atoms with Crippen LogP contribution in [0.25, 0.3) is 0 Å². The number of benzene rings is 1. The summed E-state index contributed by atoms with van der Waals surface area (Å²) in [6.07, 6.45) is 1.11. The number of esters is 1. The van der Waals surface area contributed by atoms with Crippen molar-refractivity contribution < 1.29 is 14.6 Å². The molecule has 2 saturated heterocycles. The molecule has 2 aliphatic rings.